The van der Waals surface area contributed by atoms with Crippen LogP contribution in [0, 0.1) is 0 Å². The van der Waals surface area contributed by atoms with Crippen molar-refractivity contribution in [3.8, 4) is 11.6 Å². The number of anilines is 1. The van der Waals surface area contributed by atoms with Gasteiger partial charge in [-0.3, -0.25) is 0 Å². The number of ether oxygens (including phenoxy) is 2. The van der Waals surface area contributed by atoms with Crippen molar-refractivity contribution in [3.63, 3.8) is 0 Å². The number of methoxy groups -OCH3 is 1. The molecule has 1 aromatic carbocycles. The summed E-state index contributed by atoms with van der Waals surface area (Å²) >= 11 is 6.99. The summed E-state index contributed by atoms with van der Waals surface area (Å²) in [5.41, 5.74) is 0.806. The number of hydrogen-bond acceptors (Lipinski definition) is 7. The highest BCUT2D eigenvalue weighted by Crippen LogP contribution is 2.27. The van der Waals surface area contributed by atoms with Gasteiger partial charge in [-0.25, -0.2) is 0 Å². The molecule has 1 heterocycles. The summed E-state index contributed by atoms with van der Waals surface area (Å²) < 4.78 is 18.1. The molecule has 0 saturated heterocycles. The van der Waals surface area contributed by atoms with Gasteiger partial charge in [0.2, 0.25) is 5.88 Å². The summed E-state index contributed by atoms with van der Waals surface area (Å²) in [6.07, 6.45) is 0.841. The average molecular weight is 316 g/mol. The van der Waals surface area contributed by atoms with E-state index in [1.54, 1.807) is 19.2 Å². The predicted octanol–water partition coefficient (Wildman–Crippen LogP) is 2.05. The molecule has 2 rings (SSSR count). The zero-order valence-electron chi connectivity index (χ0n) is 10.7. The zero-order chi connectivity index (χ0) is 14.4. The number of benzene rings is 1. The first-order chi connectivity index (χ1) is 9.69. The minimum absolute atomic E-state index is 0.142. The first-order valence-electron chi connectivity index (χ1n) is 5.85. The smallest absolute Gasteiger partial charge is 0.245 e. The lowest BCUT2D eigenvalue weighted by molar-refractivity contribution is 0.115. The Bertz CT molecular complexity index is 539. The van der Waals surface area contributed by atoms with Crippen molar-refractivity contribution in [1.29, 1.82) is 0 Å². The van der Waals surface area contributed by atoms with Crippen LogP contribution in [0.4, 0.5) is 5.69 Å². The van der Waals surface area contributed by atoms with E-state index in [0.717, 1.165) is 17.4 Å². The Hall–Kier alpha value is -1.57. The zero-order valence-corrected chi connectivity index (χ0v) is 12.3. The highest BCUT2D eigenvalue weighted by Gasteiger charge is 2.08. The number of halogens is 1. The van der Waals surface area contributed by atoms with Gasteiger partial charge < -0.3 is 19.9 Å². The summed E-state index contributed by atoms with van der Waals surface area (Å²) in [7, 11) is 1.55. The van der Waals surface area contributed by atoms with Crippen LogP contribution in [0.3, 0.4) is 0 Å². The summed E-state index contributed by atoms with van der Waals surface area (Å²) in [6.45, 7) is 0.478. The molecule has 0 bridgehead atoms. The van der Waals surface area contributed by atoms with Crippen molar-refractivity contribution in [1.82, 2.24) is 8.75 Å². The molecule has 0 aliphatic heterocycles. The van der Waals surface area contributed by atoms with Gasteiger partial charge in [-0.1, -0.05) is 11.6 Å². The molecule has 0 amide bonds. The molecule has 2 N–H and O–H groups in total. The number of nitrogens with zero attached hydrogens (tertiary/aromatic N) is 2. The largest absolute Gasteiger partial charge is 0.495 e. The van der Waals surface area contributed by atoms with Crippen LogP contribution in [0.2, 0.25) is 5.02 Å². The second kappa shape index (κ2) is 7.28. The Kier molecular flexibility index (Phi) is 5.40. The Morgan fingerprint density at radius 1 is 1.50 bits per heavy atom. The highest BCUT2D eigenvalue weighted by atomic mass is 35.5. The molecule has 108 valence electrons. The van der Waals surface area contributed by atoms with Crippen LogP contribution >= 0.6 is 23.3 Å². The van der Waals surface area contributed by atoms with Crippen molar-refractivity contribution < 1.29 is 14.6 Å². The Morgan fingerprint density at radius 3 is 3.05 bits per heavy atom. The molecule has 1 atom stereocenters. The maximum Gasteiger partial charge on any atom is 0.245 e. The van der Waals surface area contributed by atoms with Crippen molar-refractivity contribution in [2.75, 3.05) is 25.6 Å². The maximum atomic E-state index is 9.80. The molecule has 0 saturated carbocycles. The van der Waals surface area contributed by atoms with Gasteiger partial charge in [0.05, 0.1) is 23.9 Å². The van der Waals surface area contributed by atoms with E-state index in [1.165, 1.54) is 6.20 Å². The molecule has 6 nitrogen and oxygen atoms in total. The number of aromatic nitrogens is 2. The molecule has 1 unspecified atom stereocenters. The Morgan fingerprint density at radius 2 is 2.35 bits per heavy atom. The fourth-order valence-electron chi connectivity index (χ4n) is 1.47. The third-order valence-corrected chi connectivity index (χ3v) is 3.23. The molecule has 0 aliphatic rings. The summed E-state index contributed by atoms with van der Waals surface area (Å²) in [4.78, 5) is 0. The molecule has 8 heteroatoms. The first-order valence-corrected chi connectivity index (χ1v) is 6.95. The lowest BCUT2D eigenvalue weighted by atomic mass is 10.3. The Balaban J connectivity index is 1.79. The van der Waals surface area contributed by atoms with E-state index < -0.39 is 6.10 Å². The van der Waals surface area contributed by atoms with Crippen LogP contribution in [0.1, 0.15) is 0 Å². The quantitative estimate of drug-likeness (QED) is 0.814. The molecular formula is C12H14ClN3O3S. The maximum absolute atomic E-state index is 9.80. The van der Waals surface area contributed by atoms with E-state index in [2.05, 4.69) is 14.1 Å². The van der Waals surface area contributed by atoms with Gasteiger partial charge in [-0.15, -0.1) is 4.37 Å². The lowest BCUT2D eigenvalue weighted by Gasteiger charge is -2.13. The minimum atomic E-state index is -0.668. The van der Waals surface area contributed by atoms with Crippen molar-refractivity contribution >= 4 is 29.0 Å². The van der Waals surface area contributed by atoms with Gasteiger partial charge in [0.25, 0.3) is 0 Å². The molecule has 1 aromatic heterocycles. The van der Waals surface area contributed by atoms with Gasteiger partial charge >= 0.3 is 0 Å². The molecule has 0 aliphatic carbocycles. The lowest BCUT2D eigenvalue weighted by Crippen LogP contribution is -2.26. The third kappa shape index (κ3) is 4.22. The number of nitrogens with one attached hydrogen (secondary N) is 1. The standard InChI is InChI=1S/C12H14ClN3O3S/c1-18-11-4-8(2-3-10(11)13)14-5-9(17)7-19-12-6-15-20-16-12/h2-4,6,9,14,17H,5,7H2,1H3. The van der Waals surface area contributed by atoms with E-state index in [9.17, 15) is 5.11 Å². The van der Waals surface area contributed by atoms with E-state index in [4.69, 9.17) is 21.1 Å². The first kappa shape index (κ1) is 14.8. The summed E-state index contributed by atoms with van der Waals surface area (Å²) in [6, 6.07) is 5.30. The summed E-state index contributed by atoms with van der Waals surface area (Å²) in [5, 5.41) is 13.4. The van der Waals surface area contributed by atoms with Gasteiger partial charge in [0, 0.05) is 18.3 Å². The van der Waals surface area contributed by atoms with Gasteiger partial charge in [-0.05, 0) is 12.1 Å². The monoisotopic (exact) mass is 315 g/mol. The third-order valence-electron chi connectivity index (χ3n) is 2.46. The SMILES string of the molecule is COc1cc(NCC(O)COc2cnsn2)ccc1Cl. The molecule has 0 spiro atoms. The normalized spacial score (nSPS) is 11.9. The van der Waals surface area contributed by atoms with Crippen molar-refractivity contribution in [2.45, 2.75) is 6.10 Å². The predicted molar refractivity (Wildman–Crippen MR) is 77.9 cm³/mol. The fourth-order valence-corrected chi connectivity index (χ4v) is 2.03. The second-order valence-electron chi connectivity index (χ2n) is 3.94. The van der Waals surface area contributed by atoms with E-state index in [-0.39, 0.29) is 6.61 Å². The van der Waals surface area contributed by atoms with E-state index in [1.807, 2.05) is 6.07 Å². The van der Waals surface area contributed by atoms with Crippen LogP contribution in [0.5, 0.6) is 11.6 Å². The Labute approximate surface area is 125 Å². The van der Waals surface area contributed by atoms with Gasteiger partial charge in [0.15, 0.2) is 0 Å². The molecule has 0 radical (unpaired) electrons. The number of rotatable bonds is 7. The van der Waals surface area contributed by atoms with E-state index in [0.29, 0.717) is 23.2 Å². The molecule has 20 heavy (non-hydrogen) atoms. The second-order valence-corrected chi connectivity index (χ2v) is 4.90. The highest BCUT2D eigenvalue weighted by molar-refractivity contribution is 6.99. The number of aliphatic hydroxyl groups is 1. The van der Waals surface area contributed by atoms with Crippen molar-refractivity contribution in [3.05, 3.63) is 29.4 Å². The average Bonchev–Trinajstić information content (AvgIpc) is 2.97. The van der Waals surface area contributed by atoms with Crippen LogP contribution in [0.15, 0.2) is 24.4 Å². The van der Waals surface area contributed by atoms with Crippen LogP contribution in [0.25, 0.3) is 0 Å². The van der Waals surface area contributed by atoms with Crippen molar-refractivity contribution in [2.24, 2.45) is 0 Å². The minimum Gasteiger partial charge on any atom is -0.495 e. The van der Waals surface area contributed by atoms with Crippen LogP contribution in [-0.4, -0.2) is 40.2 Å². The van der Waals surface area contributed by atoms with Crippen LogP contribution in [-0.2, 0) is 0 Å². The molecule has 0 fully saturated rings. The summed E-state index contributed by atoms with van der Waals surface area (Å²) in [5.74, 6) is 0.998. The van der Waals surface area contributed by atoms with Gasteiger partial charge in [-0.2, -0.15) is 4.37 Å². The fraction of sp³-hybridized carbons (Fsp3) is 0.333. The topological polar surface area (TPSA) is 76.5 Å². The number of hydrogen-bond donors (Lipinski definition) is 2. The van der Waals surface area contributed by atoms with Crippen LogP contribution < -0.4 is 14.8 Å². The van der Waals surface area contributed by atoms with E-state index >= 15 is 0 Å². The number of aliphatic hydroxyl groups excluding tert-OH is 1. The van der Waals surface area contributed by atoms with Gasteiger partial charge in [0.1, 0.15) is 24.7 Å². The molecular weight excluding hydrogens is 302 g/mol. The molecule has 2 aromatic rings.